The zero-order valence-corrected chi connectivity index (χ0v) is 17.0. The summed E-state index contributed by atoms with van der Waals surface area (Å²) in [6.45, 7) is 3.17. The molecule has 2 aromatic carbocycles. The number of alkyl halides is 2. The fourth-order valence-electron chi connectivity index (χ4n) is 4.07. The highest BCUT2D eigenvalue weighted by Crippen LogP contribution is 2.35. The summed E-state index contributed by atoms with van der Waals surface area (Å²) in [6.07, 6.45) is -2.90. The van der Waals surface area contributed by atoms with E-state index in [0.29, 0.717) is 18.8 Å². The largest absolute Gasteiger partial charge is 0.415 e. The third kappa shape index (κ3) is 3.70. The van der Waals surface area contributed by atoms with Crippen molar-refractivity contribution < 1.29 is 22.4 Å². The maximum Gasteiger partial charge on any atom is 0.324 e. The number of urea groups is 1. The van der Waals surface area contributed by atoms with Crippen LogP contribution in [0.3, 0.4) is 0 Å². The second-order valence-electron chi connectivity index (χ2n) is 8.22. The van der Waals surface area contributed by atoms with E-state index in [4.69, 9.17) is 4.42 Å². The number of halogens is 3. The smallest absolute Gasteiger partial charge is 0.324 e. The molecule has 1 spiro atoms. The summed E-state index contributed by atoms with van der Waals surface area (Å²) in [6, 6.07) is 13.0. The first-order valence-corrected chi connectivity index (χ1v) is 10.2. The minimum absolute atomic E-state index is 0.0167. The van der Waals surface area contributed by atoms with E-state index in [2.05, 4.69) is 15.5 Å². The molecule has 0 atom stereocenters. The normalized spacial score (nSPS) is 16.7. The van der Waals surface area contributed by atoms with Crippen molar-refractivity contribution in [2.75, 3.05) is 31.1 Å². The molecular formula is C22H20F3N5O2. The Morgan fingerprint density at radius 3 is 2.50 bits per heavy atom. The van der Waals surface area contributed by atoms with E-state index in [1.54, 1.807) is 21.9 Å². The molecule has 10 heteroatoms. The third-order valence-electron chi connectivity index (χ3n) is 5.88. The van der Waals surface area contributed by atoms with Gasteiger partial charge in [-0.25, -0.2) is 9.18 Å². The van der Waals surface area contributed by atoms with Crippen LogP contribution in [-0.4, -0.2) is 47.3 Å². The number of rotatable bonds is 5. The molecule has 32 heavy (non-hydrogen) atoms. The molecule has 1 aromatic heterocycles. The summed E-state index contributed by atoms with van der Waals surface area (Å²) in [5.41, 5.74) is 1.30. The quantitative estimate of drug-likeness (QED) is 0.649. The number of carbonyl (C=O) groups is 1. The van der Waals surface area contributed by atoms with E-state index in [0.717, 1.165) is 19.2 Å². The Kier molecular flexibility index (Phi) is 5.09. The van der Waals surface area contributed by atoms with Crippen LogP contribution in [0.25, 0.3) is 11.5 Å². The molecule has 166 valence electrons. The number of para-hydroxylation sites is 1. The second-order valence-corrected chi connectivity index (χ2v) is 8.22. The lowest BCUT2D eigenvalue weighted by molar-refractivity contribution is -0.00915. The molecule has 2 amide bonds. The van der Waals surface area contributed by atoms with Crippen LogP contribution < -0.4 is 10.2 Å². The fraction of sp³-hybridized carbons (Fsp3) is 0.318. The summed E-state index contributed by atoms with van der Waals surface area (Å²) in [4.78, 5) is 16.5. The van der Waals surface area contributed by atoms with Crippen molar-refractivity contribution in [3.05, 3.63) is 65.8 Å². The number of hydrogen-bond donors (Lipinski definition) is 1. The molecule has 1 N–H and O–H groups in total. The first-order chi connectivity index (χ1) is 15.4. The predicted octanol–water partition coefficient (Wildman–Crippen LogP) is 3.85. The van der Waals surface area contributed by atoms with Crippen molar-refractivity contribution >= 4 is 11.7 Å². The minimum Gasteiger partial charge on any atom is -0.415 e. The van der Waals surface area contributed by atoms with Crippen molar-refractivity contribution in [2.24, 2.45) is 5.41 Å². The zero-order valence-electron chi connectivity index (χ0n) is 17.0. The Balaban J connectivity index is 1.37. The van der Waals surface area contributed by atoms with Crippen LogP contribution in [0.2, 0.25) is 0 Å². The monoisotopic (exact) mass is 443 g/mol. The summed E-state index contributed by atoms with van der Waals surface area (Å²) in [7, 11) is 0. The minimum atomic E-state index is -2.90. The van der Waals surface area contributed by atoms with E-state index in [-0.39, 0.29) is 35.0 Å². The van der Waals surface area contributed by atoms with Gasteiger partial charge in [0.1, 0.15) is 5.82 Å². The van der Waals surface area contributed by atoms with Crippen molar-refractivity contribution in [3.8, 4) is 11.5 Å². The van der Waals surface area contributed by atoms with Crippen LogP contribution in [0.15, 0.2) is 52.9 Å². The molecule has 2 aliphatic heterocycles. The second kappa shape index (κ2) is 7.94. The Hall–Kier alpha value is -3.40. The van der Waals surface area contributed by atoms with Crippen molar-refractivity contribution in [1.29, 1.82) is 0 Å². The van der Waals surface area contributed by atoms with Gasteiger partial charge in [-0.15, -0.1) is 10.2 Å². The number of anilines is 1. The predicted molar refractivity (Wildman–Crippen MR) is 110 cm³/mol. The molecule has 0 unspecified atom stereocenters. The molecule has 2 fully saturated rings. The highest BCUT2D eigenvalue weighted by Gasteiger charge is 2.50. The van der Waals surface area contributed by atoms with Gasteiger partial charge in [-0.05, 0) is 24.3 Å². The summed E-state index contributed by atoms with van der Waals surface area (Å²) in [5, 5.41) is 10.0. The first kappa shape index (κ1) is 20.5. The van der Waals surface area contributed by atoms with Crippen molar-refractivity contribution in [3.63, 3.8) is 0 Å². The van der Waals surface area contributed by atoms with Gasteiger partial charge in [-0.3, -0.25) is 4.90 Å². The number of aromatic nitrogens is 2. The molecule has 3 heterocycles. The Morgan fingerprint density at radius 1 is 1.16 bits per heavy atom. The van der Waals surface area contributed by atoms with Crippen LogP contribution in [0, 0.1) is 11.2 Å². The van der Waals surface area contributed by atoms with Gasteiger partial charge in [-0.1, -0.05) is 24.3 Å². The number of carbonyl (C=O) groups excluding carboxylic acids is 1. The van der Waals surface area contributed by atoms with Gasteiger partial charge in [0, 0.05) is 48.4 Å². The highest BCUT2D eigenvalue weighted by molar-refractivity contribution is 5.92. The van der Waals surface area contributed by atoms with Crippen LogP contribution in [0.4, 0.5) is 23.7 Å². The van der Waals surface area contributed by atoms with Crippen LogP contribution >= 0.6 is 0 Å². The Labute approximate surface area is 181 Å². The van der Waals surface area contributed by atoms with Gasteiger partial charge in [0.05, 0.1) is 6.54 Å². The van der Waals surface area contributed by atoms with Gasteiger partial charge in [0.2, 0.25) is 5.89 Å². The topological polar surface area (TPSA) is 74.5 Å². The van der Waals surface area contributed by atoms with E-state index in [1.807, 2.05) is 18.2 Å². The van der Waals surface area contributed by atoms with Gasteiger partial charge in [0.15, 0.2) is 0 Å². The van der Waals surface area contributed by atoms with Gasteiger partial charge in [-0.2, -0.15) is 8.78 Å². The lowest BCUT2D eigenvalue weighted by atomic mass is 9.75. The first-order valence-electron chi connectivity index (χ1n) is 10.2. The van der Waals surface area contributed by atoms with E-state index in [1.165, 1.54) is 12.1 Å². The molecule has 5 rings (SSSR count). The summed E-state index contributed by atoms with van der Waals surface area (Å²) in [5.74, 6) is -1.61. The molecule has 2 aliphatic rings. The Morgan fingerprint density at radius 2 is 1.91 bits per heavy atom. The average molecular weight is 443 g/mol. The molecule has 3 aromatic rings. The maximum atomic E-state index is 14.9. The Bertz CT molecular complexity index is 1130. The number of hydrogen-bond acceptors (Lipinski definition) is 5. The molecule has 0 aliphatic carbocycles. The fourth-order valence-corrected chi connectivity index (χ4v) is 4.07. The molecule has 0 radical (unpaired) electrons. The van der Waals surface area contributed by atoms with Crippen molar-refractivity contribution in [2.45, 2.75) is 13.0 Å². The zero-order chi connectivity index (χ0) is 22.3. The maximum absolute atomic E-state index is 14.9. The molecule has 2 saturated heterocycles. The highest BCUT2D eigenvalue weighted by atomic mass is 19.3. The van der Waals surface area contributed by atoms with E-state index in [9.17, 15) is 18.0 Å². The molecule has 7 nitrogen and oxygen atoms in total. The van der Waals surface area contributed by atoms with Crippen LogP contribution in [0.5, 0.6) is 0 Å². The average Bonchev–Trinajstić information content (AvgIpc) is 3.22. The lowest BCUT2D eigenvalue weighted by Crippen LogP contribution is -2.73. The summed E-state index contributed by atoms with van der Waals surface area (Å²) >= 11 is 0. The number of likely N-dealkylation sites (tertiary alicyclic amines) is 1. The molecule has 0 bridgehead atoms. The van der Waals surface area contributed by atoms with Gasteiger partial charge >= 0.3 is 12.5 Å². The SMILES string of the molecule is O=C(N1CC2(CNC2)C1)N(Cc1ccc(-c2nnc(C(F)F)o2)cc1F)c1ccccc1. The van der Waals surface area contributed by atoms with Crippen LogP contribution in [0.1, 0.15) is 17.9 Å². The number of nitrogens with one attached hydrogen (secondary N) is 1. The molecular weight excluding hydrogens is 423 g/mol. The standard InChI is InChI=1S/C22H20F3N5O2/c23-17-8-14(19-27-28-20(32-19)18(24)25)6-7-15(17)9-30(16-4-2-1-3-5-16)21(31)29-12-22(13-29)10-26-11-22/h1-8,18,26H,9-13H2. The van der Waals surface area contributed by atoms with Crippen molar-refractivity contribution in [1.82, 2.24) is 20.4 Å². The number of benzene rings is 2. The molecule has 0 saturated carbocycles. The lowest BCUT2D eigenvalue weighted by Gasteiger charge is -2.56. The number of amides is 2. The van der Waals surface area contributed by atoms with E-state index < -0.39 is 18.1 Å². The third-order valence-corrected chi connectivity index (χ3v) is 5.88. The van der Waals surface area contributed by atoms with E-state index >= 15 is 0 Å². The summed E-state index contributed by atoms with van der Waals surface area (Å²) < 4.78 is 45.2. The van der Waals surface area contributed by atoms with Gasteiger partial charge in [0.25, 0.3) is 5.89 Å². The number of nitrogens with zero attached hydrogens (tertiary/aromatic N) is 4. The van der Waals surface area contributed by atoms with Gasteiger partial charge < -0.3 is 14.6 Å². The van der Waals surface area contributed by atoms with Crippen LogP contribution in [-0.2, 0) is 6.54 Å².